The summed E-state index contributed by atoms with van der Waals surface area (Å²) < 4.78 is 11.1. The van der Waals surface area contributed by atoms with Crippen LogP contribution in [0.3, 0.4) is 0 Å². The lowest BCUT2D eigenvalue weighted by Crippen LogP contribution is -2.44. The molecule has 1 fully saturated rings. The number of hydrogen-bond acceptors (Lipinski definition) is 5. The normalized spacial score (nSPS) is 22.0. The van der Waals surface area contributed by atoms with E-state index in [1.165, 1.54) is 0 Å². The van der Waals surface area contributed by atoms with Crippen LogP contribution in [0.5, 0.6) is 0 Å². The van der Waals surface area contributed by atoms with Crippen LogP contribution >= 0.6 is 0 Å². The first-order valence-electron chi connectivity index (χ1n) is 7.77. The van der Waals surface area contributed by atoms with E-state index in [0.717, 1.165) is 31.6 Å². The Morgan fingerprint density at radius 3 is 3.00 bits per heavy atom. The average Bonchev–Trinajstić information content (AvgIpc) is 3.16. The van der Waals surface area contributed by atoms with Crippen molar-refractivity contribution in [2.45, 2.75) is 51.5 Å². The van der Waals surface area contributed by atoms with Gasteiger partial charge in [-0.1, -0.05) is 0 Å². The Morgan fingerprint density at radius 2 is 2.27 bits per heavy atom. The molecule has 0 radical (unpaired) electrons. The third-order valence-electron chi connectivity index (χ3n) is 4.36. The Bertz CT molecular complexity index is 620. The molecule has 0 unspecified atom stereocenters. The summed E-state index contributed by atoms with van der Waals surface area (Å²) in [7, 11) is 0. The maximum Gasteiger partial charge on any atom is 0.221 e. The van der Waals surface area contributed by atoms with E-state index in [1.807, 2.05) is 17.0 Å². The summed E-state index contributed by atoms with van der Waals surface area (Å²) in [6, 6.07) is 3.91. The maximum absolute atomic E-state index is 11.7. The molecule has 118 valence electrons. The summed E-state index contributed by atoms with van der Waals surface area (Å²) in [6.45, 7) is 4.48. The Morgan fingerprint density at radius 1 is 1.41 bits per heavy atom. The zero-order valence-corrected chi connectivity index (χ0v) is 13.0. The van der Waals surface area contributed by atoms with Crippen molar-refractivity contribution in [1.29, 1.82) is 0 Å². The molecule has 2 aromatic rings. The van der Waals surface area contributed by atoms with E-state index >= 15 is 0 Å². The summed E-state index contributed by atoms with van der Waals surface area (Å²) in [6.07, 6.45) is 5.02. The molecule has 3 heterocycles. The van der Waals surface area contributed by atoms with Crippen molar-refractivity contribution in [2.24, 2.45) is 0 Å². The van der Waals surface area contributed by atoms with Gasteiger partial charge >= 0.3 is 0 Å². The molecule has 0 N–H and O–H groups in total. The van der Waals surface area contributed by atoms with Crippen molar-refractivity contribution in [3.05, 3.63) is 35.9 Å². The number of carbonyl (C=O) groups excluding carboxylic acids is 1. The van der Waals surface area contributed by atoms with Crippen molar-refractivity contribution < 1.29 is 13.6 Å². The lowest BCUT2D eigenvalue weighted by molar-refractivity contribution is -0.132. The molecule has 2 atom stereocenters. The van der Waals surface area contributed by atoms with Gasteiger partial charge in [-0.3, -0.25) is 4.79 Å². The third kappa shape index (κ3) is 3.05. The first-order valence-corrected chi connectivity index (χ1v) is 7.77. The number of furan rings is 1. The lowest BCUT2D eigenvalue weighted by atomic mass is 9.90. The highest BCUT2D eigenvalue weighted by Crippen LogP contribution is 2.31. The van der Waals surface area contributed by atoms with E-state index in [9.17, 15) is 4.79 Å². The second kappa shape index (κ2) is 6.34. The van der Waals surface area contributed by atoms with Crippen LogP contribution in [-0.2, 0) is 17.6 Å². The van der Waals surface area contributed by atoms with Crippen molar-refractivity contribution >= 4 is 5.91 Å². The summed E-state index contributed by atoms with van der Waals surface area (Å²) in [5, 5.41) is 8.33. The third-order valence-corrected chi connectivity index (χ3v) is 4.36. The van der Waals surface area contributed by atoms with Crippen LogP contribution in [0.2, 0.25) is 0 Å². The van der Waals surface area contributed by atoms with Gasteiger partial charge in [0, 0.05) is 32.4 Å². The summed E-state index contributed by atoms with van der Waals surface area (Å²) in [5.41, 5.74) is 0. The van der Waals surface area contributed by atoms with Crippen LogP contribution in [0.1, 0.15) is 50.1 Å². The molecule has 2 aromatic heterocycles. The predicted octanol–water partition coefficient (Wildman–Crippen LogP) is 2.56. The van der Waals surface area contributed by atoms with Gasteiger partial charge in [-0.2, -0.15) is 0 Å². The maximum atomic E-state index is 11.7. The minimum atomic E-state index is 0.102. The fourth-order valence-electron chi connectivity index (χ4n) is 3.12. The van der Waals surface area contributed by atoms with Gasteiger partial charge in [-0.15, -0.1) is 10.2 Å². The average molecular weight is 303 g/mol. The minimum absolute atomic E-state index is 0.102. The number of piperidine rings is 1. The number of rotatable bonds is 4. The van der Waals surface area contributed by atoms with E-state index < -0.39 is 0 Å². The minimum Gasteiger partial charge on any atom is -0.469 e. The largest absolute Gasteiger partial charge is 0.469 e. The van der Waals surface area contributed by atoms with Gasteiger partial charge in [0.15, 0.2) is 0 Å². The molecule has 0 saturated carbocycles. The lowest BCUT2D eigenvalue weighted by Gasteiger charge is -2.37. The molecule has 1 aliphatic rings. The van der Waals surface area contributed by atoms with E-state index in [4.69, 9.17) is 8.83 Å². The fourth-order valence-corrected chi connectivity index (χ4v) is 3.12. The van der Waals surface area contributed by atoms with Gasteiger partial charge in [-0.05, 0) is 31.9 Å². The first-order chi connectivity index (χ1) is 10.6. The molecule has 6 nitrogen and oxygen atoms in total. The van der Waals surface area contributed by atoms with Crippen molar-refractivity contribution in [3.63, 3.8) is 0 Å². The molecular weight excluding hydrogens is 282 g/mol. The van der Waals surface area contributed by atoms with Crippen LogP contribution in [0.25, 0.3) is 0 Å². The number of aryl methyl sites for hydroxylation is 2. The molecule has 1 saturated heterocycles. The van der Waals surface area contributed by atoms with Crippen LogP contribution in [0.4, 0.5) is 0 Å². The molecule has 0 spiro atoms. The van der Waals surface area contributed by atoms with Crippen LogP contribution in [-0.4, -0.2) is 33.6 Å². The van der Waals surface area contributed by atoms with Crippen LogP contribution < -0.4 is 0 Å². The SMILES string of the molecule is CC(=O)N1CCC[C@H](c2nnc(CCc3ccco3)o2)[C@@H]1C. The monoisotopic (exact) mass is 303 g/mol. The van der Waals surface area contributed by atoms with Crippen LogP contribution in [0, 0.1) is 0 Å². The summed E-state index contributed by atoms with van der Waals surface area (Å²) in [4.78, 5) is 13.6. The second-order valence-corrected chi connectivity index (χ2v) is 5.82. The Labute approximate surface area is 129 Å². The standard InChI is InChI=1S/C16H21N3O3/c1-11-14(6-3-9-19(11)12(2)20)16-18-17-15(22-16)8-7-13-5-4-10-21-13/h4-5,10-11,14H,3,6-9H2,1-2H3/t11-,14-/m0/s1. The van der Waals surface area contributed by atoms with Gasteiger partial charge in [0.25, 0.3) is 0 Å². The highest BCUT2D eigenvalue weighted by molar-refractivity contribution is 5.73. The van der Waals surface area contributed by atoms with E-state index in [2.05, 4.69) is 17.1 Å². The highest BCUT2D eigenvalue weighted by Gasteiger charge is 2.33. The number of carbonyl (C=O) groups is 1. The zero-order chi connectivity index (χ0) is 15.5. The molecule has 6 heteroatoms. The Balaban J connectivity index is 1.66. The van der Waals surface area contributed by atoms with Crippen LogP contribution in [0.15, 0.2) is 27.2 Å². The Kier molecular flexibility index (Phi) is 4.27. The van der Waals surface area contributed by atoms with E-state index in [1.54, 1.807) is 13.2 Å². The predicted molar refractivity (Wildman–Crippen MR) is 79.2 cm³/mol. The molecule has 0 aliphatic carbocycles. The van der Waals surface area contributed by atoms with Gasteiger partial charge < -0.3 is 13.7 Å². The van der Waals surface area contributed by atoms with E-state index in [0.29, 0.717) is 18.2 Å². The number of likely N-dealkylation sites (tertiary alicyclic amines) is 1. The van der Waals surface area contributed by atoms with Gasteiger partial charge in [-0.25, -0.2) is 0 Å². The second-order valence-electron chi connectivity index (χ2n) is 5.82. The van der Waals surface area contributed by atoms with E-state index in [-0.39, 0.29) is 17.9 Å². The molecule has 0 bridgehead atoms. The van der Waals surface area contributed by atoms with Crippen molar-refractivity contribution in [3.8, 4) is 0 Å². The number of nitrogens with zero attached hydrogens (tertiary/aromatic N) is 3. The van der Waals surface area contributed by atoms with Gasteiger partial charge in [0.1, 0.15) is 5.76 Å². The molecule has 3 rings (SSSR count). The zero-order valence-electron chi connectivity index (χ0n) is 13.0. The fraction of sp³-hybridized carbons (Fsp3) is 0.562. The molecule has 0 aromatic carbocycles. The van der Waals surface area contributed by atoms with Gasteiger partial charge in [0.2, 0.25) is 17.7 Å². The highest BCUT2D eigenvalue weighted by atomic mass is 16.4. The molecule has 1 aliphatic heterocycles. The number of hydrogen-bond donors (Lipinski definition) is 0. The quantitative estimate of drug-likeness (QED) is 0.868. The number of aromatic nitrogens is 2. The summed E-state index contributed by atoms with van der Waals surface area (Å²) in [5.74, 6) is 2.41. The van der Waals surface area contributed by atoms with Gasteiger partial charge in [0.05, 0.1) is 12.2 Å². The topological polar surface area (TPSA) is 72.4 Å². The summed E-state index contributed by atoms with van der Waals surface area (Å²) >= 11 is 0. The number of amides is 1. The molecular formula is C16H21N3O3. The Hall–Kier alpha value is -2.11. The molecule has 1 amide bonds. The smallest absolute Gasteiger partial charge is 0.221 e. The van der Waals surface area contributed by atoms with Crippen molar-refractivity contribution in [2.75, 3.05) is 6.54 Å². The molecule has 22 heavy (non-hydrogen) atoms. The first kappa shape index (κ1) is 14.8. The van der Waals surface area contributed by atoms with Crippen molar-refractivity contribution in [1.82, 2.24) is 15.1 Å².